The zero-order chi connectivity index (χ0) is 41.7. The molecule has 12 rings (SSSR count). The van der Waals surface area contributed by atoms with E-state index in [1.54, 1.807) is 0 Å². The number of para-hydroxylation sites is 2. The Morgan fingerprint density at radius 2 is 0.714 bits per heavy atom. The summed E-state index contributed by atoms with van der Waals surface area (Å²) in [5, 5.41) is 10.5. The van der Waals surface area contributed by atoms with Crippen molar-refractivity contribution < 1.29 is 0 Å². The van der Waals surface area contributed by atoms with E-state index in [-0.39, 0.29) is 0 Å². The summed E-state index contributed by atoms with van der Waals surface area (Å²) >= 11 is 0. The lowest BCUT2D eigenvalue weighted by atomic mass is 9.99. The van der Waals surface area contributed by atoms with Gasteiger partial charge in [0.1, 0.15) is 0 Å². The zero-order valence-corrected chi connectivity index (χ0v) is 35.6. The van der Waals surface area contributed by atoms with Crippen LogP contribution >= 0.6 is 0 Å². The summed E-state index contributed by atoms with van der Waals surface area (Å²) in [6.45, 7) is 0. The van der Waals surface area contributed by atoms with Gasteiger partial charge in [-0.2, -0.15) is 0 Å². The summed E-state index contributed by atoms with van der Waals surface area (Å²) in [5.41, 5.74) is 11.9. The summed E-state index contributed by atoms with van der Waals surface area (Å²) in [6.07, 6.45) is 0. The third kappa shape index (κ3) is 5.93. The maximum Gasteiger partial charge on any atom is 0.179 e. The van der Waals surface area contributed by atoms with E-state index in [1.807, 2.05) is 0 Å². The molecule has 10 aromatic carbocycles. The van der Waals surface area contributed by atoms with Crippen molar-refractivity contribution in [3.05, 3.63) is 255 Å². The SMILES string of the molecule is c1ccc(-c2cccc(-c3ccc(-n4c5ccccc5c5c(-n6c7ccccc7c7cc([Si](c8ccccc8)(c8ccccc8)c8ccccc8)ccc76)cccc54)cc3)c2)cc1. The molecule has 0 aliphatic rings. The second kappa shape index (κ2) is 15.2. The van der Waals surface area contributed by atoms with Gasteiger partial charge in [-0.3, -0.25) is 0 Å². The van der Waals surface area contributed by atoms with E-state index in [1.165, 1.54) is 92.3 Å². The average Bonchev–Trinajstić information content (AvgIpc) is 3.89. The van der Waals surface area contributed by atoms with E-state index in [4.69, 9.17) is 0 Å². The van der Waals surface area contributed by atoms with Gasteiger partial charge in [-0.1, -0.05) is 206 Å². The molecule has 3 heteroatoms. The Hall–Kier alpha value is -7.98. The third-order valence-corrected chi connectivity index (χ3v) is 17.8. The van der Waals surface area contributed by atoms with Gasteiger partial charge in [0.05, 0.1) is 27.8 Å². The Balaban J connectivity index is 1.05. The van der Waals surface area contributed by atoms with Crippen molar-refractivity contribution in [2.45, 2.75) is 0 Å². The van der Waals surface area contributed by atoms with E-state index in [0.29, 0.717) is 0 Å². The molecule has 0 aliphatic heterocycles. The predicted octanol–water partition coefficient (Wildman–Crippen LogP) is 12.6. The highest BCUT2D eigenvalue weighted by Crippen LogP contribution is 2.40. The molecule has 0 aliphatic carbocycles. The van der Waals surface area contributed by atoms with Gasteiger partial charge in [-0.15, -0.1) is 0 Å². The van der Waals surface area contributed by atoms with Crippen LogP contribution in [0.5, 0.6) is 0 Å². The highest BCUT2D eigenvalue weighted by Gasteiger charge is 2.41. The third-order valence-electron chi connectivity index (χ3n) is 13.1. The molecule has 0 spiro atoms. The Labute approximate surface area is 368 Å². The number of rotatable bonds is 8. The Bertz CT molecular complexity index is 3490. The van der Waals surface area contributed by atoms with Crippen LogP contribution in [0, 0.1) is 0 Å². The average molecular weight is 819 g/mol. The van der Waals surface area contributed by atoms with Crippen LogP contribution in [0.4, 0.5) is 0 Å². The van der Waals surface area contributed by atoms with Gasteiger partial charge in [0.15, 0.2) is 8.07 Å². The van der Waals surface area contributed by atoms with Gasteiger partial charge in [0, 0.05) is 27.2 Å². The van der Waals surface area contributed by atoms with Crippen molar-refractivity contribution in [3.63, 3.8) is 0 Å². The van der Waals surface area contributed by atoms with Crippen LogP contribution in [0.2, 0.25) is 0 Å². The van der Waals surface area contributed by atoms with Gasteiger partial charge in [-0.25, -0.2) is 0 Å². The molecule has 0 bridgehead atoms. The molecule has 0 amide bonds. The molecule has 2 nitrogen and oxygen atoms in total. The fourth-order valence-corrected chi connectivity index (χ4v) is 15.1. The normalized spacial score (nSPS) is 11.8. The lowest BCUT2D eigenvalue weighted by Crippen LogP contribution is -2.74. The standard InChI is InChI=1S/C60H42N2Si/c1-5-19-43(20-6-1)45-21-17-22-46(41-45)44-35-37-47(38-36-44)61-56-32-16-14-30-53(56)60-58(61)33-18-34-59(60)62-55-31-15-13-29-52(55)54-42-51(39-40-57(54)62)63(48-23-7-2-8-24-48,49-25-9-3-10-26-49)50-27-11-4-12-28-50/h1-42H. The lowest BCUT2D eigenvalue weighted by molar-refractivity contribution is 1.17. The molecule has 2 aromatic heterocycles. The molecule has 0 radical (unpaired) electrons. The van der Waals surface area contributed by atoms with Crippen molar-refractivity contribution in [2.75, 3.05) is 0 Å². The van der Waals surface area contributed by atoms with Crippen LogP contribution < -0.4 is 20.7 Å². The monoisotopic (exact) mass is 818 g/mol. The molecule has 0 fully saturated rings. The number of aromatic nitrogens is 2. The maximum absolute atomic E-state index is 2.75. The van der Waals surface area contributed by atoms with E-state index in [0.717, 1.165) is 5.69 Å². The molecule has 2 heterocycles. The molecule has 0 N–H and O–H groups in total. The fourth-order valence-electron chi connectivity index (χ4n) is 10.3. The van der Waals surface area contributed by atoms with E-state index in [9.17, 15) is 0 Å². The smallest absolute Gasteiger partial charge is 0.179 e. The van der Waals surface area contributed by atoms with Gasteiger partial charge < -0.3 is 9.13 Å². The van der Waals surface area contributed by atoms with Crippen LogP contribution in [-0.4, -0.2) is 17.2 Å². The van der Waals surface area contributed by atoms with Crippen LogP contribution in [0.1, 0.15) is 0 Å². The minimum atomic E-state index is -2.75. The van der Waals surface area contributed by atoms with Crippen molar-refractivity contribution in [2.24, 2.45) is 0 Å². The largest absolute Gasteiger partial charge is 0.309 e. The van der Waals surface area contributed by atoms with Crippen molar-refractivity contribution >= 4 is 72.4 Å². The van der Waals surface area contributed by atoms with Crippen LogP contribution in [0.3, 0.4) is 0 Å². The molecular formula is C60H42N2Si. The molecule has 0 unspecified atom stereocenters. The second-order valence-corrected chi connectivity index (χ2v) is 20.3. The van der Waals surface area contributed by atoms with Crippen molar-refractivity contribution in [3.8, 4) is 33.6 Å². The highest BCUT2D eigenvalue weighted by molar-refractivity contribution is 7.20. The molecule has 296 valence electrons. The Kier molecular flexibility index (Phi) is 8.87. The first-order chi connectivity index (χ1) is 31.3. The summed E-state index contributed by atoms with van der Waals surface area (Å²) in [6, 6.07) is 94.1. The van der Waals surface area contributed by atoms with Gasteiger partial charge in [0.25, 0.3) is 0 Å². The molecular weight excluding hydrogens is 777 g/mol. The van der Waals surface area contributed by atoms with Gasteiger partial charge in [-0.05, 0) is 91.5 Å². The van der Waals surface area contributed by atoms with Crippen molar-refractivity contribution in [1.82, 2.24) is 9.13 Å². The molecule has 0 saturated heterocycles. The minimum absolute atomic E-state index is 1.14. The first-order valence-electron chi connectivity index (χ1n) is 21.8. The first kappa shape index (κ1) is 36.8. The zero-order valence-electron chi connectivity index (χ0n) is 34.6. The highest BCUT2D eigenvalue weighted by atomic mass is 28.3. The maximum atomic E-state index is 2.52. The molecule has 0 saturated carbocycles. The predicted molar refractivity (Wildman–Crippen MR) is 270 cm³/mol. The van der Waals surface area contributed by atoms with E-state index >= 15 is 0 Å². The van der Waals surface area contributed by atoms with Gasteiger partial charge in [0.2, 0.25) is 0 Å². The number of benzene rings is 10. The van der Waals surface area contributed by atoms with Crippen LogP contribution in [0.25, 0.3) is 77.2 Å². The summed E-state index contributed by atoms with van der Waals surface area (Å²) in [5.74, 6) is 0. The summed E-state index contributed by atoms with van der Waals surface area (Å²) in [4.78, 5) is 0. The molecule has 63 heavy (non-hydrogen) atoms. The summed E-state index contributed by atoms with van der Waals surface area (Å²) < 4.78 is 4.94. The number of hydrogen-bond acceptors (Lipinski definition) is 0. The van der Waals surface area contributed by atoms with E-state index in [2.05, 4.69) is 264 Å². The fraction of sp³-hybridized carbons (Fsp3) is 0. The van der Waals surface area contributed by atoms with Crippen molar-refractivity contribution in [1.29, 1.82) is 0 Å². The van der Waals surface area contributed by atoms with Gasteiger partial charge >= 0.3 is 0 Å². The van der Waals surface area contributed by atoms with Crippen LogP contribution in [0.15, 0.2) is 255 Å². The Morgan fingerprint density at radius 1 is 0.254 bits per heavy atom. The summed E-state index contributed by atoms with van der Waals surface area (Å²) in [7, 11) is -2.75. The quantitative estimate of drug-likeness (QED) is 0.107. The number of hydrogen-bond donors (Lipinski definition) is 0. The lowest BCUT2D eigenvalue weighted by Gasteiger charge is -2.34. The number of fused-ring (bicyclic) bond motifs is 6. The van der Waals surface area contributed by atoms with Crippen LogP contribution in [-0.2, 0) is 0 Å². The number of nitrogens with zero attached hydrogens (tertiary/aromatic N) is 2. The minimum Gasteiger partial charge on any atom is -0.309 e. The first-order valence-corrected chi connectivity index (χ1v) is 23.8. The van der Waals surface area contributed by atoms with E-state index < -0.39 is 8.07 Å². The molecule has 0 atom stereocenters. The second-order valence-electron chi connectivity index (χ2n) is 16.5. The Morgan fingerprint density at radius 3 is 1.33 bits per heavy atom. The topological polar surface area (TPSA) is 9.86 Å². The molecule has 12 aromatic rings.